The van der Waals surface area contributed by atoms with Crippen molar-refractivity contribution in [3.63, 3.8) is 0 Å². The van der Waals surface area contributed by atoms with E-state index in [1.807, 2.05) is 42.5 Å². The number of aliphatic imine (C=N–C) groups is 1. The van der Waals surface area contributed by atoms with Crippen LogP contribution < -0.4 is 4.90 Å². The summed E-state index contributed by atoms with van der Waals surface area (Å²) in [6.45, 7) is 5.73. The minimum Gasteiger partial charge on any atom is -0.343 e. The highest BCUT2D eigenvalue weighted by molar-refractivity contribution is 6.30. The summed E-state index contributed by atoms with van der Waals surface area (Å²) >= 11 is 6.00. The molecule has 0 radical (unpaired) electrons. The fourth-order valence-corrected chi connectivity index (χ4v) is 3.16. The predicted molar refractivity (Wildman–Crippen MR) is 103 cm³/mol. The molecule has 0 aromatic heterocycles. The van der Waals surface area contributed by atoms with Crippen LogP contribution in [-0.4, -0.2) is 35.9 Å². The quantitative estimate of drug-likeness (QED) is 0.812. The number of anilines is 1. The Balaban J connectivity index is 1.94. The summed E-state index contributed by atoms with van der Waals surface area (Å²) in [5, 5.41) is 0.651. The van der Waals surface area contributed by atoms with Crippen LogP contribution in [0.2, 0.25) is 5.02 Å². The molecular weight excluding hydrogens is 334 g/mol. The standard InChI is InChI=1S/C20H22ClN3O/c1-3-23(4-2)20-22-18(14-15-8-6-5-7-9-15)19(25)24(20)17-12-10-16(21)11-13-17/h5-13,18H,3-4,14H2,1-2H3. The molecule has 0 fully saturated rings. The molecule has 1 unspecified atom stereocenters. The monoisotopic (exact) mass is 355 g/mol. The number of hydrogen-bond acceptors (Lipinski definition) is 3. The predicted octanol–water partition coefficient (Wildman–Crippen LogP) is 4.00. The largest absolute Gasteiger partial charge is 0.343 e. The molecule has 0 aliphatic carbocycles. The average molecular weight is 356 g/mol. The SMILES string of the molecule is CCN(CC)C1=NC(Cc2ccccc2)C(=O)N1c1ccc(Cl)cc1. The first-order chi connectivity index (χ1) is 12.1. The van der Waals surface area contributed by atoms with Gasteiger partial charge in [-0.05, 0) is 43.7 Å². The maximum atomic E-state index is 13.1. The number of rotatable bonds is 5. The Hall–Kier alpha value is -2.33. The molecule has 1 heterocycles. The molecular formula is C20H22ClN3O. The van der Waals surface area contributed by atoms with E-state index < -0.39 is 6.04 Å². The highest BCUT2D eigenvalue weighted by atomic mass is 35.5. The third-order valence-electron chi connectivity index (χ3n) is 4.38. The van der Waals surface area contributed by atoms with Crippen molar-refractivity contribution in [3.05, 3.63) is 65.2 Å². The number of carbonyl (C=O) groups excluding carboxylic acids is 1. The molecule has 5 heteroatoms. The zero-order chi connectivity index (χ0) is 17.8. The second-order valence-corrected chi connectivity index (χ2v) is 6.39. The normalized spacial score (nSPS) is 16.9. The number of amides is 1. The van der Waals surface area contributed by atoms with E-state index in [0.717, 1.165) is 30.3 Å². The molecule has 0 saturated carbocycles. The van der Waals surface area contributed by atoms with E-state index in [4.69, 9.17) is 16.6 Å². The maximum Gasteiger partial charge on any atom is 0.259 e. The van der Waals surface area contributed by atoms with Crippen molar-refractivity contribution in [1.29, 1.82) is 0 Å². The van der Waals surface area contributed by atoms with Crippen LogP contribution in [0.25, 0.3) is 0 Å². The minimum absolute atomic E-state index is 0.00748. The van der Waals surface area contributed by atoms with Gasteiger partial charge >= 0.3 is 0 Å². The first-order valence-electron chi connectivity index (χ1n) is 8.60. The molecule has 1 amide bonds. The fraction of sp³-hybridized carbons (Fsp3) is 0.300. The Morgan fingerprint density at radius 2 is 1.68 bits per heavy atom. The van der Waals surface area contributed by atoms with Gasteiger partial charge in [-0.25, -0.2) is 9.89 Å². The third kappa shape index (κ3) is 3.69. The van der Waals surface area contributed by atoms with Gasteiger partial charge in [0.05, 0.1) is 5.69 Å². The van der Waals surface area contributed by atoms with E-state index in [1.165, 1.54) is 0 Å². The van der Waals surface area contributed by atoms with Crippen LogP contribution in [0.4, 0.5) is 5.69 Å². The number of halogens is 1. The molecule has 1 aliphatic heterocycles. The molecule has 2 aromatic rings. The summed E-state index contributed by atoms with van der Waals surface area (Å²) in [7, 11) is 0. The van der Waals surface area contributed by atoms with E-state index in [-0.39, 0.29) is 5.91 Å². The van der Waals surface area contributed by atoms with Crippen molar-refractivity contribution in [2.75, 3.05) is 18.0 Å². The number of hydrogen-bond donors (Lipinski definition) is 0. The second kappa shape index (κ2) is 7.70. The molecule has 25 heavy (non-hydrogen) atoms. The molecule has 3 rings (SSSR count). The van der Waals surface area contributed by atoms with Crippen LogP contribution in [-0.2, 0) is 11.2 Å². The zero-order valence-corrected chi connectivity index (χ0v) is 15.3. The highest BCUT2D eigenvalue weighted by Crippen LogP contribution is 2.26. The van der Waals surface area contributed by atoms with Crippen molar-refractivity contribution in [1.82, 2.24) is 4.90 Å². The lowest BCUT2D eigenvalue weighted by atomic mass is 10.1. The summed E-state index contributed by atoms with van der Waals surface area (Å²) in [5.41, 5.74) is 1.91. The molecule has 1 aliphatic rings. The van der Waals surface area contributed by atoms with E-state index in [9.17, 15) is 4.79 Å². The third-order valence-corrected chi connectivity index (χ3v) is 4.63. The molecule has 0 spiro atoms. The van der Waals surface area contributed by atoms with Crippen molar-refractivity contribution >= 4 is 29.2 Å². The van der Waals surface area contributed by atoms with E-state index in [0.29, 0.717) is 11.4 Å². The summed E-state index contributed by atoms with van der Waals surface area (Å²) in [6.07, 6.45) is 0.606. The number of benzene rings is 2. The van der Waals surface area contributed by atoms with Gasteiger partial charge in [0, 0.05) is 24.5 Å². The summed E-state index contributed by atoms with van der Waals surface area (Å²) in [5.74, 6) is 0.728. The van der Waals surface area contributed by atoms with Gasteiger partial charge in [0.25, 0.3) is 5.91 Å². The second-order valence-electron chi connectivity index (χ2n) is 5.96. The van der Waals surface area contributed by atoms with Gasteiger partial charge in [0.2, 0.25) is 5.96 Å². The molecule has 4 nitrogen and oxygen atoms in total. The Bertz CT molecular complexity index is 754. The van der Waals surface area contributed by atoms with Gasteiger partial charge in [-0.3, -0.25) is 4.79 Å². The number of nitrogens with zero attached hydrogens (tertiary/aromatic N) is 3. The highest BCUT2D eigenvalue weighted by Gasteiger charge is 2.37. The van der Waals surface area contributed by atoms with E-state index >= 15 is 0 Å². The molecule has 2 aromatic carbocycles. The van der Waals surface area contributed by atoms with E-state index in [1.54, 1.807) is 17.0 Å². The van der Waals surface area contributed by atoms with Gasteiger partial charge in [0.1, 0.15) is 6.04 Å². The van der Waals surface area contributed by atoms with Gasteiger partial charge in [-0.2, -0.15) is 0 Å². The Kier molecular flexibility index (Phi) is 5.39. The average Bonchev–Trinajstić information content (AvgIpc) is 2.94. The van der Waals surface area contributed by atoms with Crippen LogP contribution in [0.1, 0.15) is 19.4 Å². The lowest BCUT2D eigenvalue weighted by molar-refractivity contribution is -0.118. The lowest BCUT2D eigenvalue weighted by Crippen LogP contribution is -2.45. The van der Waals surface area contributed by atoms with Crippen molar-refractivity contribution in [2.45, 2.75) is 26.3 Å². The van der Waals surface area contributed by atoms with Crippen molar-refractivity contribution in [3.8, 4) is 0 Å². The number of carbonyl (C=O) groups is 1. The first kappa shape index (κ1) is 17.5. The summed E-state index contributed by atoms with van der Waals surface area (Å²) in [6, 6.07) is 17.0. The smallest absolute Gasteiger partial charge is 0.259 e. The van der Waals surface area contributed by atoms with E-state index in [2.05, 4.69) is 18.7 Å². The van der Waals surface area contributed by atoms with Gasteiger partial charge < -0.3 is 4.90 Å². The summed E-state index contributed by atoms with van der Waals surface area (Å²) < 4.78 is 0. The van der Waals surface area contributed by atoms with Gasteiger partial charge in [-0.15, -0.1) is 0 Å². The van der Waals surface area contributed by atoms with Crippen LogP contribution in [0.5, 0.6) is 0 Å². The zero-order valence-electron chi connectivity index (χ0n) is 14.5. The van der Waals surface area contributed by atoms with Crippen LogP contribution in [0.15, 0.2) is 59.6 Å². The molecule has 1 atom stereocenters. The maximum absolute atomic E-state index is 13.1. The van der Waals surface area contributed by atoms with Crippen molar-refractivity contribution in [2.24, 2.45) is 4.99 Å². The van der Waals surface area contributed by atoms with Gasteiger partial charge in [0.15, 0.2) is 0 Å². The Morgan fingerprint density at radius 1 is 1.04 bits per heavy atom. The van der Waals surface area contributed by atoms with Crippen LogP contribution in [0.3, 0.4) is 0 Å². The lowest BCUT2D eigenvalue weighted by Gasteiger charge is -2.27. The minimum atomic E-state index is -0.395. The summed E-state index contributed by atoms with van der Waals surface area (Å²) in [4.78, 5) is 21.7. The molecule has 0 N–H and O–H groups in total. The first-order valence-corrected chi connectivity index (χ1v) is 8.98. The molecule has 0 bridgehead atoms. The molecule has 0 saturated heterocycles. The Labute approximate surface area is 153 Å². The van der Waals surface area contributed by atoms with Crippen LogP contribution in [0, 0.1) is 0 Å². The Morgan fingerprint density at radius 3 is 2.28 bits per heavy atom. The van der Waals surface area contributed by atoms with Crippen molar-refractivity contribution < 1.29 is 4.79 Å². The van der Waals surface area contributed by atoms with Crippen LogP contribution >= 0.6 is 11.6 Å². The van der Waals surface area contributed by atoms with Gasteiger partial charge in [-0.1, -0.05) is 41.9 Å². The number of guanidine groups is 1. The molecule has 130 valence electrons. The fourth-order valence-electron chi connectivity index (χ4n) is 3.03. The topological polar surface area (TPSA) is 35.9 Å².